The minimum Gasteiger partial charge on any atom is -0.0916 e. The third kappa shape index (κ3) is 5.61. The molecule has 0 amide bonds. The summed E-state index contributed by atoms with van der Waals surface area (Å²) in [5, 5.41) is 0. The first-order valence-corrected chi connectivity index (χ1v) is 3.75. The van der Waals surface area contributed by atoms with E-state index in [-0.39, 0.29) is 0 Å². The first-order chi connectivity index (χ1) is 4.66. The molecule has 0 aromatic heterocycles. The predicted octanol–water partition coefficient (Wildman–Crippen LogP) is 3.51. The molecule has 0 atom stereocenters. The molecule has 0 saturated heterocycles. The fourth-order valence-electron chi connectivity index (χ4n) is 0.855. The van der Waals surface area contributed by atoms with E-state index in [4.69, 9.17) is 0 Å². The van der Waals surface area contributed by atoms with Crippen LogP contribution >= 0.6 is 0 Å². The normalized spacial score (nSPS) is 10.9. The quantitative estimate of drug-likeness (QED) is 0.522. The van der Waals surface area contributed by atoms with Crippen LogP contribution in [0.3, 0.4) is 0 Å². The summed E-state index contributed by atoms with van der Waals surface area (Å²) in [6, 6.07) is 0. The van der Waals surface area contributed by atoms with Crippen molar-refractivity contribution in [1.82, 2.24) is 0 Å². The maximum absolute atomic E-state index is 2.22. The number of hydrogen-bond donors (Lipinski definition) is 0. The first kappa shape index (κ1) is 9.48. The van der Waals surface area contributed by atoms with Gasteiger partial charge in [0.25, 0.3) is 0 Å². The molecule has 57 valence electrons. The zero-order chi connectivity index (χ0) is 7.98. The lowest BCUT2D eigenvalue weighted by molar-refractivity contribution is 1.05. The van der Waals surface area contributed by atoms with Gasteiger partial charge >= 0.3 is 0 Å². The molecule has 0 N–H and O–H groups in total. The molecule has 0 aromatic carbocycles. The number of hydrogen-bond acceptors (Lipinski definition) is 0. The highest BCUT2D eigenvalue weighted by atomic mass is 14.0. The maximum Gasteiger partial charge on any atom is -0.00183 e. The zero-order valence-electron chi connectivity index (χ0n) is 7.44. The van der Waals surface area contributed by atoms with Crippen LogP contribution in [0.15, 0.2) is 23.8 Å². The van der Waals surface area contributed by atoms with Crippen molar-refractivity contribution in [1.29, 1.82) is 0 Å². The van der Waals surface area contributed by atoms with E-state index >= 15 is 0 Å². The van der Waals surface area contributed by atoms with Gasteiger partial charge in [0.2, 0.25) is 0 Å². The molecule has 10 heavy (non-hydrogen) atoms. The van der Waals surface area contributed by atoms with Gasteiger partial charge < -0.3 is 0 Å². The summed E-state index contributed by atoms with van der Waals surface area (Å²) in [5.74, 6) is 1.43. The Hall–Kier alpha value is -0.520. The van der Waals surface area contributed by atoms with Crippen LogP contribution in [-0.4, -0.2) is 0 Å². The van der Waals surface area contributed by atoms with Crippen LogP contribution in [0.1, 0.15) is 34.1 Å². The van der Waals surface area contributed by atoms with Crippen LogP contribution in [0, 0.1) is 5.92 Å². The molecule has 0 heteroatoms. The van der Waals surface area contributed by atoms with E-state index < -0.39 is 0 Å². The molecule has 0 aliphatic carbocycles. The van der Waals surface area contributed by atoms with E-state index in [1.54, 1.807) is 0 Å². The molecule has 0 rings (SSSR count). The van der Waals surface area contributed by atoms with Crippen LogP contribution in [-0.2, 0) is 0 Å². The van der Waals surface area contributed by atoms with E-state index in [0.717, 1.165) is 6.42 Å². The summed E-state index contributed by atoms with van der Waals surface area (Å²) >= 11 is 0. The molecule has 0 aromatic rings. The van der Waals surface area contributed by atoms with Crippen molar-refractivity contribution in [3.8, 4) is 0 Å². The van der Waals surface area contributed by atoms with Crippen molar-refractivity contribution >= 4 is 0 Å². The average Bonchev–Trinajstić information content (AvgIpc) is 1.82. The molecule has 0 saturated carbocycles. The number of allylic oxidation sites excluding steroid dienone is 4. The van der Waals surface area contributed by atoms with Gasteiger partial charge in [-0.25, -0.2) is 0 Å². The molecule has 0 unspecified atom stereocenters. The summed E-state index contributed by atoms with van der Waals surface area (Å²) in [6.45, 7) is 8.46. The minimum absolute atomic E-state index is 1.08. The highest BCUT2D eigenvalue weighted by Crippen LogP contribution is 2.09. The van der Waals surface area contributed by atoms with Gasteiger partial charge in [0.1, 0.15) is 0 Å². The van der Waals surface area contributed by atoms with E-state index in [1.807, 2.05) is 0 Å². The lowest BCUT2D eigenvalue weighted by atomic mass is 10.1. The third-order valence-corrected chi connectivity index (χ3v) is 1.21. The van der Waals surface area contributed by atoms with Gasteiger partial charge in [0.15, 0.2) is 0 Å². The van der Waals surface area contributed by atoms with Crippen LogP contribution in [0.5, 0.6) is 0 Å². The van der Waals surface area contributed by atoms with E-state index in [9.17, 15) is 0 Å². The molecule has 0 aliphatic rings. The number of rotatable bonds is 3. The van der Waals surface area contributed by atoms with Gasteiger partial charge in [-0.1, -0.05) is 30.7 Å². The van der Waals surface area contributed by atoms with Crippen molar-refractivity contribution in [2.24, 2.45) is 0 Å². The lowest BCUT2D eigenvalue weighted by Crippen LogP contribution is -1.83. The molecule has 1 radical (unpaired) electrons. The molecule has 0 heterocycles. The smallest absolute Gasteiger partial charge is 0.00183 e. The first-order valence-electron chi connectivity index (χ1n) is 3.75. The summed E-state index contributed by atoms with van der Waals surface area (Å²) in [4.78, 5) is 0. The molecule has 0 nitrogen and oxygen atoms in total. The second kappa shape index (κ2) is 5.28. The Morgan fingerprint density at radius 1 is 1.20 bits per heavy atom. The molecule has 0 bridgehead atoms. The van der Waals surface area contributed by atoms with Crippen LogP contribution in [0.2, 0.25) is 0 Å². The van der Waals surface area contributed by atoms with Gasteiger partial charge in [-0.3, -0.25) is 0 Å². The summed E-state index contributed by atoms with van der Waals surface area (Å²) in [5.41, 5.74) is 1.38. The molecule has 0 spiro atoms. The van der Waals surface area contributed by atoms with Crippen LogP contribution in [0.4, 0.5) is 0 Å². The van der Waals surface area contributed by atoms with E-state index in [2.05, 4.69) is 45.9 Å². The van der Waals surface area contributed by atoms with Crippen molar-refractivity contribution in [2.75, 3.05) is 0 Å². The average molecular weight is 137 g/mol. The largest absolute Gasteiger partial charge is 0.0916 e. The van der Waals surface area contributed by atoms with Crippen molar-refractivity contribution < 1.29 is 0 Å². The topological polar surface area (TPSA) is 0 Å². The Morgan fingerprint density at radius 3 is 2.20 bits per heavy atom. The lowest BCUT2D eigenvalue weighted by Gasteiger charge is -2.00. The Balaban J connectivity index is 3.63. The Bertz CT molecular complexity index is 125. The monoisotopic (exact) mass is 137 g/mol. The fraction of sp³-hybridized carbons (Fsp3) is 0.500. The summed E-state index contributed by atoms with van der Waals surface area (Å²) in [6.07, 6.45) is 7.57. The molecular weight excluding hydrogens is 120 g/mol. The van der Waals surface area contributed by atoms with Crippen molar-refractivity contribution in [3.63, 3.8) is 0 Å². The second-order valence-corrected chi connectivity index (χ2v) is 2.84. The summed E-state index contributed by atoms with van der Waals surface area (Å²) < 4.78 is 0. The standard InChI is InChI=1S/C10H17/c1-5-6-7-10(4)8-9(2)3/h5-6,8H,7H2,1-4H3. The Kier molecular flexibility index (Phi) is 5.00. The second-order valence-electron chi connectivity index (χ2n) is 2.84. The summed E-state index contributed by atoms with van der Waals surface area (Å²) in [7, 11) is 0. The maximum atomic E-state index is 2.22. The van der Waals surface area contributed by atoms with Gasteiger partial charge in [0.05, 0.1) is 0 Å². The SMILES string of the molecule is CC=CC[C](C)C=C(C)C. The third-order valence-electron chi connectivity index (χ3n) is 1.21. The molecule has 0 fully saturated rings. The van der Waals surface area contributed by atoms with Crippen molar-refractivity contribution in [2.45, 2.75) is 34.1 Å². The zero-order valence-corrected chi connectivity index (χ0v) is 7.44. The van der Waals surface area contributed by atoms with Crippen LogP contribution in [0.25, 0.3) is 0 Å². The molecular formula is C10H17. The van der Waals surface area contributed by atoms with Gasteiger partial charge in [0, 0.05) is 0 Å². The fourth-order valence-corrected chi connectivity index (χ4v) is 0.855. The Labute approximate surface area is 64.6 Å². The highest BCUT2D eigenvalue weighted by molar-refractivity contribution is 5.14. The van der Waals surface area contributed by atoms with E-state index in [0.29, 0.717) is 0 Å². The van der Waals surface area contributed by atoms with Gasteiger partial charge in [-0.2, -0.15) is 0 Å². The molecule has 0 aliphatic heterocycles. The van der Waals surface area contributed by atoms with Crippen LogP contribution < -0.4 is 0 Å². The van der Waals surface area contributed by atoms with Crippen molar-refractivity contribution in [3.05, 3.63) is 29.7 Å². The Morgan fingerprint density at radius 2 is 1.80 bits per heavy atom. The van der Waals surface area contributed by atoms with Gasteiger partial charge in [-0.15, -0.1) is 0 Å². The van der Waals surface area contributed by atoms with E-state index in [1.165, 1.54) is 11.5 Å². The van der Waals surface area contributed by atoms with Gasteiger partial charge in [-0.05, 0) is 33.1 Å². The predicted molar refractivity (Wildman–Crippen MR) is 47.8 cm³/mol. The highest BCUT2D eigenvalue weighted by Gasteiger charge is 1.92. The minimum atomic E-state index is 1.08.